The lowest BCUT2D eigenvalue weighted by Crippen LogP contribution is -2.57. The fourth-order valence-electron chi connectivity index (χ4n) is 2.91. The SMILES string of the molecule is CC(C)C(C(=O)NC(C)(C)C)C1(C(N)=O)CCC1. The van der Waals surface area contributed by atoms with Gasteiger partial charge < -0.3 is 11.1 Å². The molecular formula is C14H26N2O2. The van der Waals surface area contributed by atoms with Crippen molar-refractivity contribution < 1.29 is 9.59 Å². The molecule has 3 N–H and O–H groups in total. The van der Waals surface area contributed by atoms with E-state index in [0.717, 1.165) is 19.3 Å². The highest BCUT2D eigenvalue weighted by molar-refractivity contribution is 5.91. The van der Waals surface area contributed by atoms with Crippen molar-refractivity contribution in [2.24, 2.45) is 23.0 Å². The van der Waals surface area contributed by atoms with Crippen LogP contribution in [0.5, 0.6) is 0 Å². The Labute approximate surface area is 110 Å². The molecule has 1 rings (SSSR count). The van der Waals surface area contributed by atoms with Gasteiger partial charge in [-0.1, -0.05) is 20.3 Å². The van der Waals surface area contributed by atoms with Crippen LogP contribution in [0.4, 0.5) is 0 Å². The summed E-state index contributed by atoms with van der Waals surface area (Å²) >= 11 is 0. The molecule has 4 nitrogen and oxygen atoms in total. The topological polar surface area (TPSA) is 72.2 Å². The van der Waals surface area contributed by atoms with Gasteiger partial charge in [0.1, 0.15) is 0 Å². The molecule has 0 aromatic rings. The molecule has 0 aromatic heterocycles. The number of hydrogen-bond donors (Lipinski definition) is 2. The first-order valence-electron chi connectivity index (χ1n) is 6.72. The maximum absolute atomic E-state index is 12.4. The Bertz CT molecular complexity index is 338. The zero-order chi connectivity index (χ0) is 14.1. The van der Waals surface area contributed by atoms with Crippen LogP contribution in [0.15, 0.2) is 0 Å². The van der Waals surface area contributed by atoms with Gasteiger partial charge in [-0.05, 0) is 39.5 Å². The number of nitrogens with two attached hydrogens (primary N) is 1. The van der Waals surface area contributed by atoms with Gasteiger partial charge in [0.25, 0.3) is 0 Å². The van der Waals surface area contributed by atoms with Gasteiger partial charge in [0.2, 0.25) is 11.8 Å². The molecule has 18 heavy (non-hydrogen) atoms. The Hall–Kier alpha value is -1.06. The molecule has 1 aliphatic carbocycles. The van der Waals surface area contributed by atoms with Gasteiger partial charge in [0.15, 0.2) is 0 Å². The molecule has 0 heterocycles. The Morgan fingerprint density at radius 1 is 1.22 bits per heavy atom. The highest BCUT2D eigenvalue weighted by atomic mass is 16.2. The minimum absolute atomic E-state index is 0.0454. The highest BCUT2D eigenvalue weighted by Crippen LogP contribution is 2.49. The van der Waals surface area contributed by atoms with Gasteiger partial charge in [-0.2, -0.15) is 0 Å². The van der Waals surface area contributed by atoms with E-state index in [-0.39, 0.29) is 29.2 Å². The third-order valence-electron chi connectivity index (χ3n) is 3.78. The molecule has 0 radical (unpaired) electrons. The van der Waals surface area contributed by atoms with E-state index in [0.29, 0.717) is 0 Å². The van der Waals surface area contributed by atoms with E-state index in [1.54, 1.807) is 0 Å². The molecule has 1 fully saturated rings. The van der Waals surface area contributed by atoms with Crippen molar-refractivity contribution in [3.63, 3.8) is 0 Å². The maximum Gasteiger partial charge on any atom is 0.224 e. The van der Waals surface area contributed by atoms with Gasteiger partial charge in [-0.3, -0.25) is 9.59 Å². The van der Waals surface area contributed by atoms with Crippen LogP contribution in [0.1, 0.15) is 53.9 Å². The third-order valence-corrected chi connectivity index (χ3v) is 3.78. The minimum Gasteiger partial charge on any atom is -0.369 e. The molecular weight excluding hydrogens is 228 g/mol. The van der Waals surface area contributed by atoms with E-state index in [1.165, 1.54) is 0 Å². The van der Waals surface area contributed by atoms with Gasteiger partial charge in [-0.25, -0.2) is 0 Å². The monoisotopic (exact) mass is 254 g/mol. The summed E-state index contributed by atoms with van der Waals surface area (Å²) in [6.45, 7) is 9.80. The average molecular weight is 254 g/mol. The summed E-state index contributed by atoms with van der Waals surface area (Å²) in [6, 6.07) is 0. The van der Waals surface area contributed by atoms with Gasteiger partial charge in [0, 0.05) is 5.54 Å². The van der Waals surface area contributed by atoms with Gasteiger partial charge in [0.05, 0.1) is 11.3 Å². The second kappa shape index (κ2) is 4.90. The van der Waals surface area contributed by atoms with Crippen molar-refractivity contribution >= 4 is 11.8 Å². The molecule has 4 heteroatoms. The van der Waals surface area contributed by atoms with Gasteiger partial charge >= 0.3 is 0 Å². The smallest absolute Gasteiger partial charge is 0.224 e. The normalized spacial score (nSPS) is 20.1. The van der Waals surface area contributed by atoms with E-state index in [9.17, 15) is 9.59 Å². The van der Waals surface area contributed by atoms with Crippen LogP contribution in [-0.4, -0.2) is 17.4 Å². The van der Waals surface area contributed by atoms with E-state index < -0.39 is 5.41 Å². The standard InChI is InChI=1S/C14H26N2O2/c1-9(2)10(11(17)16-13(3,4)5)14(12(15)18)7-6-8-14/h9-10H,6-8H2,1-5H3,(H2,15,18)(H,16,17). The van der Waals surface area contributed by atoms with Crippen molar-refractivity contribution in [2.45, 2.75) is 59.4 Å². The first-order chi connectivity index (χ1) is 8.10. The number of carbonyl (C=O) groups excluding carboxylic acids is 2. The molecule has 0 aliphatic heterocycles. The van der Waals surface area contributed by atoms with Crippen LogP contribution in [0, 0.1) is 17.3 Å². The molecule has 1 saturated carbocycles. The van der Waals surface area contributed by atoms with Crippen molar-refractivity contribution in [2.75, 3.05) is 0 Å². The largest absolute Gasteiger partial charge is 0.369 e. The molecule has 0 aromatic carbocycles. The zero-order valence-electron chi connectivity index (χ0n) is 12.2. The van der Waals surface area contributed by atoms with Crippen LogP contribution < -0.4 is 11.1 Å². The van der Waals surface area contributed by atoms with Crippen molar-refractivity contribution in [3.8, 4) is 0 Å². The van der Waals surface area contributed by atoms with E-state index >= 15 is 0 Å². The number of amides is 2. The van der Waals surface area contributed by atoms with Crippen LogP contribution in [0.25, 0.3) is 0 Å². The fourth-order valence-corrected chi connectivity index (χ4v) is 2.91. The van der Waals surface area contributed by atoms with E-state index in [4.69, 9.17) is 5.73 Å². The number of hydrogen-bond acceptors (Lipinski definition) is 2. The van der Waals surface area contributed by atoms with Crippen molar-refractivity contribution in [3.05, 3.63) is 0 Å². The average Bonchev–Trinajstić information content (AvgIpc) is 2.05. The summed E-state index contributed by atoms with van der Waals surface area (Å²) in [5.74, 6) is -0.573. The Morgan fingerprint density at radius 3 is 1.94 bits per heavy atom. The molecule has 1 atom stereocenters. The fraction of sp³-hybridized carbons (Fsp3) is 0.857. The Kier molecular flexibility index (Phi) is 4.08. The molecule has 2 amide bonds. The molecule has 0 saturated heterocycles. The Balaban J connectivity index is 2.96. The summed E-state index contributed by atoms with van der Waals surface area (Å²) in [6.07, 6.45) is 2.46. The molecule has 1 aliphatic rings. The second-order valence-electron chi connectivity index (χ2n) is 6.83. The number of primary amides is 1. The quantitative estimate of drug-likeness (QED) is 0.803. The van der Waals surface area contributed by atoms with Crippen molar-refractivity contribution in [1.82, 2.24) is 5.32 Å². The van der Waals surface area contributed by atoms with Crippen LogP contribution in [-0.2, 0) is 9.59 Å². The van der Waals surface area contributed by atoms with E-state index in [1.807, 2.05) is 34.6 Å². The number of nitrogens with one attached hydrogen (secondary N) is 1. The highest BCUT2D eigenvalue weighted by Gasteiger charge is 2.53. The van der Waals surface area contributed by atoms with Crippen LogP contribution in [0.2, 0.25) is 0 Å². The van der Waals surface area contributed by atoms with E-state index in [2.05, 4.69) is 5.32 Å². The summed E-state index contributed by atoms with van der Waals surface area (Å²) in [4.78, 5) is 24.2. The first-order valence-corrected chi connectivity index (χ1v) is 6.72. The lowest BCUT2D eigenvalue weighted by atomic mass is 9.57. The van der Waals surface area contributed by atoms with Gasteiger partial charge in [-0.15, -0.1) is 0 Å². The zero-order valence-corrected chi connectivity index (χ0v) is 12.2. The predicted octanol–water partition coefficient (Wildman–Crippen LogP) is 1.83. The number of carbonyl (C=O) groups is 2. The second-order valence-corrected chi connectivity index (χ2v) is 6.83. The Morgan fingerprint density at radius 2 is 1.72 bits per heavy atom. The van der Waals surface area contributed by atoms with Crippen molar-refractivity contribution in [1.29, 1.82) is 0 Å². The summed E-state index contributed by atoms with van der Waals surface area (Å²) in [5.41, 5.74) is 4.65. The molecule has 1 unspecified atom stereocenters. The lowest BCUT2D eigenvalue weighted by Gasteiger charge is -2.46. The minimum atomic E-state index is -0.622. The third kappa shape index (κ3) is 2.85. The maximum atomic E-state index is 12.4. The molecule has 0 spiro atoms. The lowest BCUT2D eigenvalue weighted by molar-refractivity contribution is -0.150. The van der Waals surface area contributed by atoms with Crippen LogP contribution in [0.3, 0.4) is 0 Å². The summed E-state index contributed by atoms with van der Waals surface area (Å²) in [5, 5.41) is 2.98. The van der Waals surface area contributed by atoms with Crippen LogP contribution >= 0.6 is 0 Å². The molecule has 104 valence electrons. The summed E-state index contributed by atoms with van der Waals surface area (Å²) in [7, 11) is 0. The molecule has 0 bridgehead atoms. The predicted molar refractivity (Wildman–Crippen MR) is 71.7 cm³/mol. The first kappa shape index (κ1) is 15.0. The summed E-state index contributed by atoms with van der Waals surface area (Å²) < 4.78 is 0. The number of rotatable bonds is 4.